The molecular weight excluding hydrogens is 394 g/mol. The molecule has 0 saturated carbocycles. The molecule has 1 aliphatic rings. The Labute approximate surface area is 165 Å². The topological polar surface area (TPSA) is 65.0 Å². The van der Waals surface area contributed by atoms with Gasteiger partial charge in [-0.25, -0.2) is 9.18 Å². The lowest BCUT2D eigenvalue weighted by Gasteiger charge is -2.33. The first kappa shape index (κ1) is 22.6. The average molecular weight is 415 g/mol. The molecule has 0 fully saturated rings. The van der Waals surface area contributed by atoms with Gasteiger partial charge in [-0.05, 0) is 32.4 Å². The lowest BCUT2D eigenvalue weighted by atomic mass is 9.74. The van der Waals surface area contributed by atoms with Crippen molar-refractivity contribution in [1.29, 1.82) is 0 Å². The van der Waals surface area contributed by atoms with E-state index in [0.717, 1.165) is 12.1 Å². The van der Waals surface area contributed by atoms with Gasteiger partial charge in [0.2, 0.25) is 0 Å². The highest BCUT2D eigenvalue weighted by atomic mass is 19.4. The maximum absolute atomic E-state index is 13.7. The van der Waals surface area contributed by atoms with E-state index < -0.39 is 47.8 Å². The van der Waals surface area contributed by atoms with Crippen LogP contribution in [0.4, 0.5) is 17.6 Å². The van der Waals surface area contributed by atoms with Crippen LogP contribution in [-0.2, 0) is 25.2 Å². The van der Waals surface area contributed by atoms with Crippen LogP contribution in [0.25, 0.3) is 0 Å². The van der Waals surface area contributed by atoms with Crippen molar-refractivity contribution in [3.63, 3.8) is 0 Å². The molecule has 1 aromatic rings. The fraction of sp³-hybridized carbons (Fsp3) is 0.450. The molecule has 9 heteroatoms. The number of alkyl halides is 4. The first-order valence-corrected chi connectivity index (χ1v) is 9.01. The third kappa shape index (κ3) is 4.65. The molecule has 1 aliphatic heterocycles. The van der Waals surface area contributed by atoms with E-state index >= 15 is 0 Å². The maximum Gasteiger partial charge on any atom is 0.416 e. The van der Waals surface area contributed by atoms with E-state index in [1.165, 1.54) is 26.0 Å². The van der Waals surface area contributed by atoms with E-state index in [2.05, 4.69) is 4.99 Å². The minimum Gasteiger partial charge on any atom is -0.465 e. The number of ether oxygens (including phenoxy) is 2. The molecule has 0 amide bonds. The number of hydrogen-bond acceptors (Lipinski definition) is 5. The Morgan fingerprint density at radius 2 is 1.72 bits per heavy atom. The number of carbonyl (C=O) groups is 2. The zero-order valence-corrected chi connectivity index (χ0v) is 16.2. The van der Waals surface area contributed by atoms with E-state index in [0.29, 0.717) is 0 Å². The van der Waals surface area contributed by atoms with E-state index in [1.807, 2.05) is 0 Å². The van der Waals surface area contributed by atoms with Gasteiger partial charge in [0.1, 0.15) is 12.6 Å². The predicted molar refractivity (Wildman–Crippen MR) is 97.1 cm³/mol. The zero-order chi connectivity index (χ0) is 21.8. The van der Waals surface area contributed by atoms with E-state index in [1.54, 1.807) is 6.92 Å². The van der Waals surface area contributed by atoms with Crippen LogP contribution in [0.5, 0.6) is 0 Å². The molecule has 2 rings (SSSR count). The lowest BCUT2D eigenvalue weighted by molar-refractivity contribution is -0.147. The molecule has 0 aliphatic carbocycles. The van der Waals surface area contributed by atoms with Crippen molar-refractivity contribution in [3.05, 3.63) is 46.7 Å². The molecule has 0 radical (unpaired) electrons. The first-order chi connectivity index (χ1) is 13.7. The summed E-state index contributed by atoms with van der Waals surface area (Å²) in [5.74, 6) is -4.65. The Bertz CT molecular complexity index is 845. The zero-order valence-electron chi connectivity index (χ0n) is 16.2. The van der Waals surface area contributed by atoms with Crippen LogP contribution in [0.3, 0.4) is 0 Å². The van der Waals surface area contributed by atoms with Gasteiger partial charge in [-0.2, -0.15) is 13.2 Å². The third-order valence-corrected chi connectivity index (χ3v) is 4.48. The number of esters is 2. The molecule has 2 unspecified atom stereocenters. The number of aliphatic imine (C=N–C) groups is 1. The molecule has 0 spiro atoms. The second-order valence-corrected chi connectivity index (χ2v) is 6.26. The van der Waals surface area contributed by atoms with Gasteiger partial charge in [-0.3, -0.25) is 9.79 Å². The smallest absolute Gasteiger partial charge is 0.416 e. The van der Waals surface area contributed by atoms with Crippen LogP contribution in [0.15, 0.2) is 40.5 Å². The summed E-state index contributed by atoms with van der Waals surface area (Å²) in [6, 6.07) is 4.55. The van der Waals surface area contributed by atoms with Gasteiger partial charge in [0.25, 0.3) is 0 Å². The highest BCUT2D eigenvalue weighted by Crippen LogP contribution is 2.45. The molecule has 1 aromatic carbocycles. The van der Waals surface area contributed by atoms with Crippen molar-refractivity contribution in [2.24, 2.45) is 10.9 Å². The summed E-state index contributed by atoms with van der Waals surface area (Å²) in [4.78, 5) is 29.2. The lowest BCUT2D eigenvalue weighted by Crippen LogP contribution is -2.38. The first-order valence-electron chi connectivity index (χ1n) is 9.01. The minimum atomic E-state index is -4.76. The van der Waals surface area contributed by atoms with Gasteiger partial charge in [-0.1, -0.05) is 18.2 Å². The van der Waals surface area contributed by atoms with Crippen molar-refractivity contribution < 1.29 is 36.6 Å². The van der Waals surface area contributed by atoms with E-state index in [9.17, 15) is 27.2 Å². The number of rotatable bonds is 6. The number of hydrogen-bond donors (Lipinski definition) is 0. The van der Waals surface area contributed by atoms with Crippen LogP contribution < -0.4 is 0 Å². The predicted octanol–water partition coefficient (Wildman–Crippen LogP) is 4.23. The standard InChI is InChI=1S/C20H21F4NO4/c1-4-28-18(26)15-11(3)25-14(10-21)17(19(27)29-5-2)16(15)12-8-6-7-9-13(12)20(22,23)24/h6-9,15-16H,4-5,10H2,1-3H3. The molecular formula is C20H21F4NO4. The number of allylic oxidation sites excluding steroid dienone is 1. The highest BCUT2D eigenvalue weighted by Gasteiger charge is 2.46. The summed E-state index contributed by atoms with van der Waals surface area (Å²) in [6.07, 6.45) is -4.76. The maximum atomic E-state index is 13.7. The molecule has 0 bridgehead atoms. The van der Waals surface area contributed by atoms with Gasteiger partial charge in [0.05, 0.1) is 30.0 Å². The second-order valence-electron chi connectivity index (χ2n) is 6.26. The fourth-order valence-corrected chi connectivity index (χ4v) is 3.39. The number of nitrogens with zero attached hydrogens (tertiary/aromatic N) is 1. The monoisotopic (exact) mass is 415 g/mol. The summed E-state index contributed by atoms with van der Waals surface area (Å²) >= 11 is 0. The minimum absolute atomic E-state index is 0.0231. The molecule has 5 nitrogen and oxygen atoms in total. The Hall–Kier alpha value is -2.71. The molecule has 158 valence electrons. The van der Waals surface area contributed by atoms with Crippen molar-refractivity contribution in [1.82, 2.24) is 0 Å². The van der Waals surface area contributed by atoms with E-state index in [4.69, 9.17) is 9.47 Å². The second kappa shape index (κ2) is 9.19. The van der Waals surface area contributed by atoms with Gasteiger partial charge in [0, 0.05) is 11.6 Å². The highest BCUT2D eigenvalue weighted by molar-refractivity contribution is 6.07. The fourth-order valence-electron chi connectivity index (χ4n) is 3.39. The van der Waals surface area contributed by atoms with Crippen molar-refractivity contribution in [3.8, 4) is 0 Å². The van der Waals surface area contributed by atoms with Crippen LogP contribution >= 0.6 is 0 Å². The Morgan fingerprint density at radius 1 is 1.10 bits per heavy atom. The molecule has 29 heavy (non-hydrogen) atoms. The van der Waals surface area contributed by atoms with Crippen LogP contribution in [0.2, 0.25) is 0 Å². The molecule has 0 aromatic heterocycles. The van der Waals surface area contributed by atoms with Gasteiger partial charge >= 0.3 is 18.1 Å². The normalized spacial score (nSPS) is 19.6. The quantitative estimate of drug-likeness (QED) is 0.515. The van der Waals surface area contributed by atoms with Crippen LogP contribution in [0.1, 0.15) is 37.8 Å². The largest absolute Gasteiger partial charge is 0.465 e. The molecule has 2 atom stereocenters. The van der Waals surface area contributed by atoms with E-state index in [-0.39, 0.29) is 30.2 Å². The summed E-state index contributed by atoms with van der Waals surface area (Å²) in [5.41, 5.74) is -2.08. The molecule has 1 heterocycles. The SMILES string of the molecule is CCOC(=O)C1=C(CF)N=C(C)C(C(=O)OCC)C1c1ccccc1C(F)(F)F. The third-order valence-electron chi connectivity index (χ3n) is 4.48. The average Bonchev–Trinajstić information content (AvgIpc) is 2.66. The van der Waals surface area contributed by atoms with Crippen molar-refractivity contribution >= 4 is 17.7 Å². The summed E-state index contributed by atoms with van der Waals surface area (Å²) in [5, 5.41) is 0. The van der Waals surface area contributed by atoms with Crippen LogP contribution in [0, 0.1) is 5.92 Å². The Balaban J connectivity index is 2.81. The van der Waals surface area contributed by atoms with Gasteiger partial charge < -0.3 is 9.47 Å². The Morgan fingerprint density at radius 3 is 2.28 bits per heavy atom. The molecule has 0 saturated heterocycles. The number of halogens is 4. The summed E-state index contributed by atoms with van der Waals surface area (Å²) in [6.45, 7) is 3.13. The summed E-state index contributed by atoms with van der Waals surface area (Å²) < 4.78 is 64.7. The number of carbonyl (C=O) groups excluding carboxylic acids is 2. The molecule has 0 N–H and O–H groups in total. The van der Waals surface area contributed by atoms with Crippen LogP contribution in [-0.4, -0.2) is 37.5 Å². The number of benzene rings is 1. The Kier molecular flexibility index (Phi) is 7.16. The van der Waals surface area contributed by atoms with Gasteiger partial charge in [-0.15, -0.1) is 0 Å². The van der Waals surface area contributed by atoms with Crippen molar-refractivity contribution in [2.45, 2.75) is 32.9 Å². The summed E-state index contributed by atoms with van der Waals surface area (Å²) in [7, 11) is 0. The van der Waals surface area contributed by atoms with Gasteiger partial charge in [0.15, 0.2) is 0 Å². The van der Waals surface area contributed by atoms with Crippen molar-refractivity contribution in [2.75, 3.05) is 19.9 Å².